The third kappa shape index (κ3) is 3.53. The summed E-state index contributed by atoms with van der Waals surface area (Å²) < 4.78 is 0. The number of halogens is 2. The number of aromatic nitrogens is 3. The molecule has 0 spiro atoms. The summed E-state index contributed by atoms with van der Waals surface area (Å²) in [5.41, 5.74) is 4.53. The molecule has 0 saturated heterocycles. The molecule has 2 heterocycles. The number of H-pyrrole nitrogens is 1. The smallest absolute Gasteiger partial charge is 0.139 e. The van der Waals surface area contributed by atoms with Crippen molar-refractivity contribution in [2.75, 3.05) is 0 Å². The molecule has 0 aliphatic heterocycles. The van der Waals surface area contributed by atoms with Crippen LogP contribution in [0.5, 0.6) is 0 Å². The molecule has 2 aromatic carbocycles. The van der Waals surface area contributed by atoms with Crippen LogP contribution in [-0.4, -0.2) is 15.0 Å². The topological polar surface area (TPSA) is 41.6 Å². The van der Waals surface area contributed by atoms with Gasteiger partial charge >= 0.3 is 0 Å². The first kappa shape index (κ1) is 17.5. The van der Waals surface area contributed by atoms with Crippen molar-refractivity contribution in [1.82, 2.24) is 15.0 Å². The maximum Gasteiger partial charge on any atom is 0.139 e. The molecule has 126 valence electrons. The molecule has 0 saturated carbocycles. The molecule has 0 fully saturated rings. The van der Waals surface area contributed by atoms with E-state index in [0.717, 1.165) is 33.5 Å². The fourth-order valence-corrected chi connectivity index (χ4v) is 3.00. The van der Waals surface area contributed by atoms with E-state index < -0.39 is 0 Å². The molecule has 0 aliphatic rings. The Morgan fingerprint density at radius 2 is 1.56 bits per heavy atom. The van der Waals surface area contributed by atoms with Crippen LogP contribution < -0.4 is 0 Å². The summed E-state index contributed by atoms with van der Waals surface area (Å²) in [4.78, 5) is 12.2. The van der Waals surface area contributed by atoms with E-state index in [9.17, 15) is 0 Å². The second-order valence-corrected chi connectivity index (χ2v) is 5.93. The van der Waals surface area contributed by atoms with Crippen LogP contribution in [0.2, 0.25) is 10.2 Å². The summed E-state index contributed by atoms with van der Waals surface area (Å²) in [7, 11) is 0. The lowest BCUT2D eigenvalue weighted by atomic mass is 10.0. The quantitative estimate of drug-likeness (QED) is 0.403. The van der Waals surface area contributed by atoms with Gasteiger partial charge in [0.25, 0.3) is 0 Å². The number of hydrogen-bond acceptors (Lipinski definition) is 2. The first-order valence-corrected chi connectivity index (χ1v) is 8.83. The molecule has 0 radical (unpaired) electrons. The van der Waals surface area contributed by atoms with E-state index in [1.807, 2.05) is 62.4 Å². The zero-order valence-electron chi connectivity index (χ0n) is 13.9. The first-order valence-electron chi connectivity index (χ1n) is 8.08. The molecular formula is C20H17Cl2N3. The number of imidazole rings is 1. The highest BCUT2D eigenvalue weighted by Crippen LogP contribution is 2.36. The number of nitrogens with zero attached hydrogens (tertiary/aromatic N) is 2. The minimum Gasteiger partial charge on any atom is -0.338 e. The zero-order chi connectivity index (χ0) is 17.8. The summed E-state index contributed by atoms with van der Waals surface area (Å²) in [5.74, 6) is 0.741. The molecule has 25 heavy (non-hydrogen) atoms. The highest BCUT2D eigenvalue weighted by molar-refractivity contribution is 6.33. The van der Waals surface area contributed by atoms with Crippen LogP contribution in [-0.2, 0) is 0 Å². The van der Waals surface area contributed by atoms with Gasteiger partial charge < -0.3 is 4.98 Å². The van der Waals surface area contributed by atoms with Gasteiger partial charge in [-0.2, -0.15) is 0 Å². The third-order valence-corrected chi connectivity index (χ3v) is 4.22. The molecule has 0 unspecified atom stereocenters. The Hall–Kier alpha value is -2.36. The maximum atomic E-state index is 6.35. The SMILES string of the molecule is CC.Clc1cc(-c2nc3ccccc3[nH]2)c(-c2ccccc2Cl)cn1. The van der Waals surface area contributed by atoms with Gasteiger partial charge in [0.2, 0.25) is 0 Å². The van der Waals surface area contributed by atoms with Crippen LogP contribution in [0.1, 0.15) is 13.8 Å². The molecule has 4 rings (SSSR count). The van der Waals surface area contributed by atoms with Gasteiger partial charge in [-0.05, 0) is 24.3 Å². The van der Waals surface area contributed by atoms with Crippen LogP contribution in [0, 0.1) is 0 Å². The number of nitrogens with one attached hydrogen (secondary N) is 1. The van der Waals surface area contributed by atoms with Crippen LogP contribution >= 0.6 is 23.2 Å². The number of hydrogen-bond donors (Lipinski definition) is 1. The molecule has 0 atom stereocenters. The number of fused-ring (bicyclic) bond motifs is 1. The number of aromatic amines is 1. The average Bonchev–Trinajstić information content (AvgIpc) is 3.08. The van der Waals surface area contributed by atoms with E-state index in [1.165, 1.54) is 0 Å². The number of rotatable bonds is 2. The van der Waals surface area contributed by atoms with E-state index in [1.54, 1.807) is 12.3 Å². The van der Waals surface area contributed by atoms with Crippen molar-refractivity contribution in [2.24, 2.45) is 0 Å². The van der Waals surface area contributed by atoms with Crippen molar-refractivity contribution in [3.05, 3.63) is 71.0 Å². The summed E-state index contributed by atoms with van der Waals surface area (Å²) in [6, 6.07) is 17.3. The Balaban J connectivity index is 0.000000880. The molecule has 1 N–H and O–H groups in total. The summed E-state index contributed by atoms with van der Waals surface area (Å²) in [5, 5.41) is 1.07. The normalized spacial score (nSPS) is 10.4. The van der Waals surface area contributed by atoms with Crippen LogP contribution in [0.4, 0.5) is 0 Å². The van der Waals surface area contributed by atoms with Crippen molar-refractivity contribution in [3.63, 3.8) is 0 Å². The Labute approximate surface area is 156 Å². The van der Waals surface area contributed by atoms with E-state index in [0.29, 0.717) is 10.2 Å². The zero-order valence-corrected chi connectivity index (χ0v) is 15.4. The lowest BCUT2D eigenvalue weighted by molar-refractivity contribution is 1.28. The van der Waals surface area contributed by atoms with E-state index in [2.05, 4.69) is 15.0 Å². The van der Waals surface area contributed by atoms with E-state index in [-0.39, 0.29) is 0 Å². The van der Waals surface area contributed by atoms with Gasteiger partial charge in [-0.15, -0.1) is 0 Å². The highest BCUT2D eigenvalue weighted by Gasteiger charge is 2.14. The van der Waals surface area contributed by atoms with Crippen LogP contribution in [0.15, 0.2) is 60.8 Å². The van der Waals surface area contributed by atoms with Gasteiger partial charge in [0.1, 0.15) is 11.0 Å². The average molecular weight is 370 g/mol. The van der Waals surface area contributed by atoms with Crippen LogP contribution in [0.25, 0.3) is 33.5 Å². The molecule has 0 bridgehead atoms. The van der Waals surface area contributed by atoms with Gasteiger partial charge in [0, 0.05) is 27.9 Å². The van der Waals surface area contributed by atoms with Gasteiger partial charge in [-0.3, -0.25) is 0 Å². The van der Waals surface area contributed by atoms with E-state index >= 15 is 0 Å². The predicted octanol–water partition coefficient (Wildman–Crippen LogP) is 6.62. The standard InChI is InChI=1S/C18H11Cl2N3.C2H6/c19-14-6-2-1-5-11(14)13-10-21-17(20)9-12(13)18-22-15-7-3-4-8-16(15)23-18;1-2/h1-10H,(H,22,23);1-2H3. The van der Waals surface area contributed by atoms with Crippen molar-refractivity contribution in [2.45, 2.75) is 13.8 Å². The second-order valence-electron chi connectivity index (χ2n) is 5.14. The monoisotopic (exact) mass is 369 g/mol. The van der Waals surface area contributed by atoms with Gasteiger partial charge in [-0.1, -0.05) is 67.4 Å². The largest absolute Gasteiger partial charge is 0.338 e. The molecule has 2 aromatic heterocycles. The number of pyridine rings is 1. The second kappa shape index (κ2) is 7.68. The first-order chi connectivity index (χ1) is 12.2. The molecule has 4 aromatic rings. The Morgan fingerprint density at radius 3 is 2.32 bits per heavy atom. The fourth-order valence-electron chi connectivity index (χ4n) is 2.60. The van der Waals surface area contributed by atoms with Crippen molar-refractivity contribution in [3.8, 4) is 22.5 Å². The van der Waals surface area contributed by atoms with Crippen molar-refractivity contribution >= 4 is 34.2 Å². The summed E-state index contributed by atoms with van der Waals surface area (Å²) in [6.07, 6.45) is 1.73. The van der Waals surface area contributed by atoms with Crippen molar-refractivity contribution < 1.29 is 0 Å². The Bertz CT molecular complexity index is 976. The summed E-state index contributed by atoms with van der Waals surface area (Å²) in [6.45, 7) is 4.00. The highest BCUT2D eigenvalue weighted by atomic mass is 35.5. The van der Waals surface area contributed by atoms with E-state index in [4.69, 9.17) is 23.2 Å². The van der Waals surface area contributed by atoms with Gasteiger partial charge in [-0.25, -0.2) is 9.97 Å². The third-order valence-electron chi connectivity index (χ3n) is 3.68. The molecule has 3 nitrogen and oxygen atoms in total. The van der Waals surface area contributed by atoms with Crippen LogP contribution in [0.3, 0.4) is 0 Å². The number of para-hydroxylation sites is 2. The minimum absolute atomic E-state index is 0.413. The molecule has 0 amide bonds. The lowest BCUT2D eigenvalue weighted by Gasteiger charge is -2.09. The molecular weight excluding hydrogens is 353 g/mol. The Kier molecular flexibility index (Phi) is 5.37. The molecule has 0 aliphatic carbocycles. The maximum absolute atomic E-state index is 6.35. The molecule has 5 heteroatoms. The summed E-state index contributed by atoms with van der Waals surface area (Å²) >= 11 is 12.5. The number of benzene rings is 2. The van der Waals surface area contributed by atoms with Gasteiger partial charge in [0.05, 0.1) is 11.0 Å². The Morgan fingerprint density at radius 1 is 0.840 bits per heavy atom. The lowest BCUT2D eigenvalue weighted by Crippen LogP contribution is -1.90. The van der Waals surface area contributed by atoms with Gasteiger partial charge in [0.15, 0.2) is 0 Å². The minimum atomic E-state index is 0.413. The predicted molar refractivity (Wildman–Crippen MR) is 106 cm³/mol. The van der Waals surface area contributed by atoms with Crippen molar-refractivity contribution in [1.29, 1.82) is 0 Å². The fraction of sp³-hybridized carbons (Fsp3) is 0.100.